The molecule has 1 aromatic heterocycles. The standard InChI is InChI=1S/C27H23N5O2/c1-19-25(27(34)32(31(19)2)24-11-7-4-8-12-24)29-23-15-13-20(14-16-23)17-21(18-28)26(33)30-22-9-5-3-6-10-22/h3-17,29H,1-2H3,(H,30,33)/b21-17+. The third kappa shape index (κ3) is 4.66. The van der Waals surface area contributed by atoms with E-state index in [9.17, 15) is 14.9 Å². The van der Waals surface area contributed by atoms with E-state index in [2.05, 4.69) is 10.6 Å². The number of nitrogens with one attached hydrogen (secondary N) is 2. The molecular formula is C27H23N5O2. The molecule has 0 atom stereocenters. The number of benzene rings is 3. The number of carbonyl (C=O) groups excluding carboxylic acids is 1. The molecule has 0 saturated heterocycles. The van der Waals surface area contributed by atoms with Crippen molar-refractivity contribution in [1.82, 2.24) is 9.36 Å². The lowest BCUT2D eigenvalue weighted by atomic mass is 10.1. The summed E-state index contributed by atoms with van der Waals surface area (Å²) in [5.74, 6) is -0.475. The SMILES string of the molecule is Cc1c(Nc2ccc(/C=C(\C#N)C(=O)Nc3ccccc3)cc2)c(=O)n(-c2ccccc2)n1C. The number of carbonyl (C=O) groups is 1. The van der Waals surface area contributed by atoms with Crippen LogP contribution in [0.25, 0.3) is 11.8 Å². The van der Waals surface area contributed by atoms with Crippen molar-refractivity contribution in [2.75, 3.05) is 10.6 Å². The minimum absolute atomic E-state index is 0.00536. The Morgan fingerprint density at radius 1 is 0.912 bits per heavy atom. The van der Waals surface area contributed by atoms with Crippen molar-refractivity contribution in [1.29, 1.82) is 5.26 Å². The van der Waals surface area contributed by atoms with Gasteiger partial charge in [0.05, 0.1) is 11.4 Å². The highest BCUT2D eigenvalue weighted by Gasteiger charge is 2.16. The van der Waals surface area contributed by atoms with Gasteiger partial charge in [0.25, 0.3) is 11.5 Å². The van der Waals surface area contributed by atoms with Crippen LogP contribution in [0.15, 0.2) is 95.3 Å². The topological polar surface area (TPSA) is 91.9 Å². The first-order valence-corrected chi connectivity index (χ1v) is 10.7. The van der Waals surface area contributed by atoms with E-state index in [4.69, 9.17) is 0 Å². The van der Waals surface area contributed by atoms with Crippen LogP contribution in [0.4, 0.5) is 17.1 Å². The van der Waals surface area contributed by atoms with Crippen molar-refractivity contribution >= 4 is 29.0 Å². The van der Waals surface area contributed by atoms with Crippen LogP contribution in [-0.4, -0.2) is 15.3 Å². The molecule has 7 heteroatoms. The zero-order valence-corrected chi connectivity index (χ0v) is 18.8. The van der Waals surface area contributed by atoms with Gasteiger partial charge in [-0.15, -0.1) is 0 Å². The molecule has 0 radical (unpaired) electrons. The van der Waals surface area contributed by atoms with Crippen molar-refractivity contribution in [3.63, 3.8) is 0 Å². The van der Waals surface area contributed by atoms with E-state index in [0.717, 1.165) is 17.1 Å². The van der Waals surface area contributed by atoms with Crippen LogP contribution in [-0.2, 0) is 11.8 Å². The van der Waals surface area contributed by atoms with Gasteiger partial charge in [-0.05, 0) is 55.0 Å². The second-order valence-electron chi connectivity index (χ2n) is 7.67. The molecule has 0 spiro atoms. The van der Waals surface area contributed by atoms with E-state index < -0.39 is 5.91 Å². The summed E-state index contributed by atoms with van der Waals surface area (Å²) in [6.07, 6.45) is 1.53. The van der Waals surface area contributed by atoms with E-state index in [1.54, 1.807) is 53.2 Å². The molecule has 4 aromatic rings. The number of nitriles is 1. The molecule has 0 aliphatic carbocycles. The minimum Gasteiger partial charge on any atom is -0.349 e. The normalized spacial score (nSPS) is 11.0. The Kier molecular flexibility index (Phi) is 6.42. The first-order chi connectivity index (χ1) is 16.5. The molecule has 4 rings (SSSR count). The Hall–Kier alpha value is -4.83. The Morgan fingerprint density at radius 2 is 1.53 bits per heavy atom. The summed E-state index contributed by atoms with van der Waals surface area (Å²) in [4.78, 5) is 25.5. The first-order valence-electron chi connectivity index (χ1n) is 10.7. The van der Waals surface area contributed by atoms with Crippen molar-refractivity contribution < 1.29 is 4.79 Å². The zero-order valence-electron chi connectivity index (χ0n) is 18.8. The summed E-state index contributed by atoms with van der Waals surface area (Å²) in [7, 11) is 1.84. The molecule has 168 valence electrons. The maximum Gasteiger partial charge on any atom is 0.295 e. The number of hydrogen-bond acceptors (Lipinski definition) is 4. The average Bonchev–Trinajstić information content (AvgIpc) is 3.07. The van der Waals surface area contributed by atoms with Crippen molar-refractivity contribution in [3.8, 4) is 11.8 Å². The molecule has 0 aliphatic heterocycles. The highest BCUT2D eigenvalue weighted by molar-refractivity contribution is 6.09. The average molecular weight is 450 g/mol. The molecule has 3 aromatic carbocycles. The molecule has 34 heavy (non-hydrogen) atoms. The maximum atomic E-state index is 13.1. The van der Waals surface area contributed by atoms with Gasteiger partial charge in [-0.25, -0.2) is 4.68 Å². The number of nitrogens with zero attached hydrogens (tertiary/aromatic N) is 3. The molecule has 0 aliphatic rings. The van der Waals surface area contributed by atoms with E-state index in [0.29, 0.717) is 16.9 Å². The summed E-state index contributed by atoms with van der Waals surface area (Å²) in [5, 5.41) is 15.3. The molecular weight excluding hydrogens is 426 g/mol. The fraction of sp³-hybridized carbons (Fsp3) is 0.0741. The Labute approximate surface area is 197 Å². The molecule has 0 bridgehead atoms. The lowest BCUT2D eigenvalue weighted by molar-refractivity contribution is -0.112. The summed E-state index contributed by atoms with van der Waals surface area (Å²) in [6, 6.07) is 27.5. The Morgan fingerprint density at radius 3 is 2.15 bits per heavy atom. The van der Waals surface area contributed by atoms with Crippen LogP contribution >= 0.6 is 0 Å². The van der Waals surface area contributed by atoms with Crippen molar-refractivity contribution in [2.24, 2.45) is 7.05 Å². The number of amides is 1. The van der Waals surface area contributed by atoms with Gasteiger partial charge in [0, 0.05) is 18.4 Å². The largest absolute Gasteiger partial charge is 0.349 e. The second-order valence-corrected chi connectivity index (χ2v) is 7.67. The molecule has 7 nitrogen and oxygen atoms in total. The van der Waals surface area contributed by atoms with Gasteiger partial charge in [0.1, 0.15) is 17.3 Å². The molecule has 0 unspecified atom stereocenters. The van der Waals surface area contributed by atoms with E-state index in [1.165, 1.54) is 6.08 Å². The summed E-state index contributed by atoms with van der Waals surface area (Å²) in [5.41, 5.74) is 3.93. The van der Waals surface area contributed by atoms with Crippen LogP contribution in [0.2, 0.25) is 0 Å². The smallest absolute Gasteiger partial charge is 0.295 e. The summed E-state index contributed by atoms with van der Waals surface area (Å²) < 4.78 is 3.42. The quantitative estimate of drug-likeness (QED) is 0.328. The Balaban J connectivity index is 1.54. The third-order valence-corrected chi connectivity index (χ3v) is 5.44. The van der Waals surface area contributed by atoms with E-state index in [-0.39, 0.29) is 11.1 Å². The number of rotatable bonds is 6. The zero-order chi connectivity index (χ0) is 24.1. The number of hydrogen-bond donors (Lipinski definition) is 2. The van der Waals surface area contributed by atoms with Crippen LogP contribution in [0.5, 0.6) is 0 Å². The van der Waals surface area contributed by atoms with E-state index in [1.807, 2.05) is 61.1 Å². The molecule has 0 fully saturated rings. The van der Waals surface area contributed by atoms with Crippen LogP contribution in [0.1, 0.15) is 11.3 Å². The van der Waals surface area contributed by atoms with Gasteiger partial charge in [-0.3, -0.25) is 14.3 Å². The molecule has 2 N–H and O–H groups in total. The second kappa shape index (κ2) is 9.76. The highest BCUT2D eigenvalue weighted by Crippen LogP contribution is 2.20. The molecule has 1 amide bonds. The summed E-state index contributed by atoms with van der Waals surface area (Å²) >= 11 is 0. The molecule has 0 saturated carbocycles. The monoisotopic (exact) mass is 449 g/mol. The lowest BCUT2D eigenvalue weighted by Crippen LogP contribution is -2.20. The fourth-order valence-corrected chi connectivity index (χ4v) is 3.55. The predicted molar refractivity (Wildman–Crippen MR) is 134 cm³/mol. The highest BCUT2D eigenvalue weighted by atomic mass is 16.2. The first kappa shape index (κ1) is 22.4. The number of anilines is 3. The molecule has 1 heterocycles. The van der Waals surface area contributed by atoms with Crippen LogP contribution in [0.3, 0.4) is 0 Å². The van der Waals surface area contributed by atoms with Crippen LogP contribution < -0.4 is 16.2 Å². The van der Waals surface area contributed by atoms with Crippen molar-refractivity contribution in [2.45, 2.75) is 6.92 Å². The third-order valence-electron chi connectivity index (χ3n) is 5.44. The van der Waals surface area contributed by atoms with Crippen molar-refractivity contribution in [3.05, 3.63) is 112 Å². The van der Waals surface area contributed by atoms with E-state index >= 15 is 0 Å². The lowest BCUT2D eigenvalue weighted by Gasteiger charge is -2.07. The maximum absolute atomic E-state index is 13.1. The number of para-hydroxylation sites is 2. The van der Waals surface area contributed by atoms with Gasteiger partial charge in [0.2, 0.25) is 0 Å². The Bertz CT molecular complexity index is 1440. The van der Waals surface area contributed by atoms with Gasteiger partial charge < -0.3 is 10.6 Å². The van der Waals surface area contributed by atoms with Gasteiger partial charge >= 0.3 is 0 Å². The minimum atomic E-state index is -0.475. The van der Waals surface area contributed by atoms with Gasteiger partial charge in [-0.2, -0.15) is 5.26 Å². The number of aromatic nitrogens is 2. The van der Waals surface area contributed by atoms with Crippen LogP contribution in [0, 0.1) is 18.3 Å². The summed E-state index contributed by atoms with van der Waals surface area (Å²) in [6.45, 7) is 1.88. The van der Waals surface area contributed by atoms with Gasteiger partial charge in [0.15, 0.2) is 0 Å². The fourth-order valence-electron chi connectivity index (χ4n) is 3.55. The van der Waals surface area contributed by atoms with Gasteiger partial charge in [-0.1, -0.05) is 48.5 Å². The predicted octanol–water partition coefficient (Wildman–Crippen LogP) is 4.77.